The lowest BCUT2D eigenvalue weighted by Gasteiger charge is -2.31. The number of nitrogens with one attached hydrogen (secondary N) is 1. The van der Waals surface area contributed by atoms with Gasteiger partial charge in [0.15, 0.2) is 0 Å². The smallest absolute Gasteiger partial charge is 0.255 e. The maximum Gasteiger partial charge on any atom is 0.255 e. The first-order chi connectivity index (χ1) is 11.1. The number of piperidine rings is 1. The van der Waals surface area contributed by atoms with Gasteiger partial charge in [0.05, 0.1) is 11.9 Å². The quantitative estimate of drug-likeness (QED) is 0.870. The minimum absolute atomic E-state index is 0.126. The van der Waals surface area contributed by atoms with E-state index in [4.69, 9.17) is 0 Å². The lowest BCUT2D eigenvalue weighted by Crippen LogP contribution is -2.33. The second-order valence-corrected chi connectivity index (χ2v) is 6.95. The molecule has 1 aliphatic rings. The maximum absolute atomic E-state index is 12.2. The van der Waals surface area contributed by atoms with Gasteiger partial charge in [0.2, 0.25) is 0 Å². The van der Waals surface area contributed by atoms with E-state index in [1.807, 2.05) is 24.3 Å². The fourth-order valence-corrected chi connectivity index (χ4v) is 2.95. The summed E-state index contributed by atoms with van der Waals surface area (Å²) < 4.78 is 0.955. The van der Waals surface area contributed by atoms with Crippen LogP contribution < -0.4 is 10.2 Å². The van der Waals surface area contributed by atoms with Crippen LogP contribution >= 0.6 is 15.9 Å². The Labute approximate surface area is 145 Å². The average molecular weight is 374 g/mol. The van der Waals surface area contributed by atoms with Crippen molar-refractivity contribution in [3.05, 3.63) is 52.6 Å². The SMILES string of the molecule is CC1CCN(c2ccc(NC(=O)c3ccc(Br)cc3)cn2)CC1. The number of aromatic nitrogens is 1. The molecule has 1 saturated heterocycles. The molecule has 0 bridgehead atoms. The summed E-state index contributed by atoms with van der Waals surface area (Å²) in [7, 11) is 0. The van der Waals surface area contributed by atoms with Crippen LogP contribution in [-0.4, -0.2) is 24.0 Å². The molecule has 0 spiro atoms. The van der Waals surface area contributed by atoms with Crippen molar-refractivity contribution in [2.24, 2.45) is 5.92 Å². The molecule has 23 heavy (non-hydrogen) atoms. The fourth-order valence-electron chi connectivity index (χ4n) is 2.69. The predicted molar refractivity (Wildman–Crippen MR) is 96.9 cm³/mol. The highest BCUT2D eigenvalue weighted by Gasteiger charge is 2.16. The molecule has 1 amide bonds. The number of hydrogen-bond acceptors (Lipinski definition) is 3. The highest BCUT2D eigenvalue weighted by molar-refractivity contribution is 9.10. The zero-order chi connectivity index (χ0) is 16.2. The summed E-state index contributed by atoms with van der Waals surface area (Å²) in [6.45, 7) is 4.41. The standard InChI is InChI=1S/C18H20BrN3O/c1-13-8-10-22(11-9-13)17-7-6-16(12-20-17)21-18(23)14-2-4-15(19)5-3-14/h2-7,12-13H,8-11H2,1H3,(H,21,23). The Morgan fingerprint density at radius 3 is 2.48 bits per heavy atom. The number of anilines is 2. The summed E-state index contributed by atoms with van der Waals surface area (Å²) in [5.41, 5.74) is 1.34. The molecular weight excluding hydrogens is 354 g/mol. The van der Waals surface area contributed by atoms with Gasteiger partial charge in [-0.15, -0.1) is 0 Å². The molecule has 1 aliphatic heterocycles. The Bertz CT molecular complexity index is 662. The molecule has 0 unspecified atom stereocenters. The Balaban J connectivity index is 1.63. The van der Waals surface area contributed by atoms with E-state index in [1.54, 1.807) is 18.3 Å². The van der Waals surface area contributed by atoms with Crippen molar-refractivity contribution in [3.8, 4) is 0 Å². The molecule has 0 radical (unpaired) electrons. The van der Waals surface area contributed by atoms with E-state index in [2.05, 4.69) is 38.1 Å². The van der Waals surface area contributed by atoms with Crippen molar-refractivity contribution in [2.45, 2.75) is 19.8 Å². The number of halogens is 1. The van der Waals surface area contributed by atoms with E-state index in [0.717, 1.165) is 29.3 Å². The molecular formula is C18H20BrN3O. The van der Waals surface area contributed by atoms with Crippen LogP contribution in [0.3, 0.4) is 0 Å². The lowest BCUT2D eigenvalue weighted by atomic mass is 9.99. The molecule has 4 nitrogen and oxygen atoms in total. The van der Waals surface area contributed by atoms with Gasteiger partial charge in [0.25, 0.3) is 5.91 Å². The van der Waals surface area contributed by atoms with Gasteiger partial charge >= 0.3 is 0 Å². The number of carbonyl (C=O) groups excluding carboxylic acids is 1. The zero-order valence-corrected chi connectivity index (χ0v) is 14.7. The highest BCUT2D eigenvalue weighted by atomic mass is 79.9. The van der Waals surface area contributed by atoms with E-state index >= 15 is 0 Å². The Hall–Kier alpha value is -1.88. The lowest BCUT2D eigenvalue weighted by molar-refractivity contribution is 0.102. The minimum Gasteiger partial charge on any atom is -0.357 e. The fraction of sp³-hybridized carbons (Fsp3) is 0.333. The predicted octanol–water partition coefficient (Wildman–Crippen LogP) is 4.33. The van der Waals surface area contributed by atoms with Crippen molar-refractivity contribution < 1.29 is 4.79 Å². The number of carbonyl (C=O) groups is 1. The van der Waals surface area contributed by atoms with E-state index < -0.39 is 0 Å². The normalized spacial score (nSPS) is 15.5. The van der Waals surface area contributed by atoms with Crippen LogP contribution in [0.15, 0.2) is 47.1 Å². The second kappa shape index (κ2) is 7.13. The Kier molecular flexibility index (Phi) is 4.96. The molecule has 5 heteroatoms. The molecule has 0 saturated carbocycles. The van der Waals surface area contributed by atoms with E-state index in [0.29, 0.717) is 11.3 Å². The van der Waals surface area contributed by atoms with Crippen LogP contribution in [0.5, 0.6) is 0 Å². The first-order valence-electron chi connectivity index (χ1n) is 7.90. The molecule has 2 heterocycles. The van der Waals surface area contributed by atoms with Crippen molar-refractivity contribution in [2.75, 3.05) is 23.3 Å². The van der Waals surface area contributed by atoms with Gasteiger partial charge in [-0.25, -0.2) is 4.98 Å². The maximum atomic E-state index is 12.2. The third kappa shape index (κ3) is 4.10. The topological polar surface area (TPSA) is 45.2 Å². The summed E-state index contributed by atoms with van der Waals surface area (Å²) in [4.78, 5) is 19.0. The summed E-state index contributed by atoms with van der Waals surface area (Å²) in [6.07, 6.45) is 4.15. The molecule has 1 aromatic heterocycles. The van der Waals surface area contributed by atoms with Gasteiger partial charge in [0.1, 0.15) is 5.82 Å². The number of benzene rings is 1. The van der Waals surface area contributed by atoms with Crippen LogP contribution in [0.4, 0.5) is 11.5 Å². The van der Waals surface area contributed by atoms with Gasteiger partial charge in [-0.05, 0) is 55.2 Å². The number of amides is 1. The van der Waals surface area contributed by atoms with Gasteiger partial charge in [-0.2, -0.15) is 0 Å². The van der Waals surface area contributed by atoms with Gasteiger partial charge in [-0.1, -0.05) is 22.9 Å². The highest BCUT2D eigenvalue weighted by Crippen LogP contribution is 2.22. The second-order valence-electron chi connectivity index (χ2n) is 6.04. The molecule has 3 rings (SSSR count). The van der Waals surface area contributed by atoms with Crippen LogP contribution in [0.1, 0.15) is 30.1 Å². The van der Waals surface area contributed by atoms with Crippen molar-refractivity contribution in [1.29, 1.82) is 0 Å². The first kappa shape index (κ1) is 16.0. The Morgan fingerprint density at radius 2 is 1.87 bits per heavy atom. The van der Waals surface area contributed by atoms with Crippen molar-refractivity contribution in [1.82, 2.24) is 4.98 Å². The monoisotopic (exact) mass is 373 g/mol. The van der Waals surface area contributed by atoms with Gasteiger partial charge in [0, 0.05) is 23.1 Å². The summed E-state index contributed by atoms with van der Waals surface area (Å²) in [6, 6.07) is 11.2. The molecule has 2 aromatic rings. The average Bonchev–Trinajstić information content (AvgIpc) is 2.57. The number of hydrogen-bond donors (Lipinski definition) is 1. The summed E-state index contributed by atoms with van der Waals surface area (Å²) >= 11 is 3.36. The minimum atomic E-state index is -0.126. The van der Waals surface area contributed by atoms with Gasteiger partial charge in [-0.3, -0.25) is 4.79 Å². The zero-order valence-electron chi connectivity index (χ0n) is 13.1. The Morgan fingerprint density at radius 1 is 1.17 bits per heavy atom. The van der Waals surface area contributed by atoms with Crippen LogP contribution in [0, 0.1) is 5.92 Å². The van der Waals surface area contributed by atoms with Crippen LogP contribution in [0.2, 0.25) is 0 Å². The molecule has 1 aromatic carbocycles. The first-order valence-corrected chi connectivity index (χ1v) is 8.69. The number of rotatable bonds is 3. The van der Waals surface area contributed by atoms with Gasteiger partial charge < -0.3 is 10.2 Å². The number of nitrogens with zero attached hydrogens (tertiary/aromatic N) is 2. The van der Waals surface area contributed by atoms with Crippen molar-refractivity contribution >= 4 is 33.3 Å². The summed E-state index contributed by atoms with van der Waals surface area (Å²) in [5.74, 6) is 1.66. The largest absolute Gasteiger partial charge is 0.357 e. The van der Waals surface area contributed by atoms with Crippen molar-refractivity contribution in [3.63, 3.8) is 0 Å². The molecule has 120 valence electrons. The molecule has 0 aliphatic carbocycles. The molecule has 1 fully saturated rings. The molecule has 1 N–H and O–H groups in total. The summed E-state index contributed by atoms with van der Waals surface area (Å²) in [5, 5.41) is 2.88. The third-order valence-electron chi connectivity index (χ3n) is 4.22. The van der Waals surface area contributed by atoms with E-state index in [-0.39, 0.29) is 5.91 Å². The van der Waals surface area contributed by atoms with Crippen LogP contribution in [0.25, 0.3) is 0 Å². The third-order valence-corrected chi connectivity index (χ3v) is 4.75. The van der Waals surface area contributed by atoms with E-state index in [9.17, 15) is 4.79 Å². The molecule has 0 atom stereocenters. The van der Waals surface area contributed by atoms with Crippen LogP contribution in [-0.2, 0) is 0 Å². The number of pyridine rings is 1. The van der Waals surface area contributed by atoms with E-state index in [1.165, 1.54) is 12.8 Å².